The van der Waals surface area contributed by atoms with E-state index < -0.39 is 206 Å². The van der Waals surface area contributed by atoms with Crippen LogP contribution in [0.15, 0.2) is 97.7 Å². The maximum absolute atomic E-state index is 15.5. The summed E-state index contributed by atoms with van der Waals surface area (Å²) in [7, 11) is 4.12. The van der Waals surface area contributed by atoms with Gasteiger partial charge in [0.2, 0.25) is 94.5 Å². The number of phenols is 1. The van der Waals surface area contributed by atoms with Gasteiger partial charge in [-0.05, 0) is 98.2 Å². The van der Waals surface area contributed by atoms with Crippen molar-refractivity contribution in [1.82, 2.24) is 97.6 Å². The molecule has 688 valence electrons. The quantitative estimate of drug-likeness (QED) is 0.0471. The van der Waals surface area contributed by atoms with Crippen molar-refractivity contribution in [1.29, 1.82) is 0 Å². The molecule has 6 aromatic rings. The summed E-state index contributed by atoms with van der Waals surface area (Å²) >= 11 is 0. The molecule has 6 heterocycles. The van der Waals surface area contributed by atoms with Crippen LogP contribution in [0.3, 0.4) is 0 Å². The number of imidazole rings is 1. The van der Waals surface area contributed by atoms with Crippen molar-refractivity contribution >= 4 is 116 Å². The number of nitrogens with zero attached hydrogens (tertiary/aromatic N) is 6. The Morgan fingerprint density at radius 2 is 1.06 bits per heavy atom. The number of aliphatic hydroxyl groups excluding tert-OH is 1. The molecule has 3 fully saturated rings. The van der Waals surface area contributed by atoms with Crippen LogP contribution < -0.4 is 58.9 Å². The third kappa shape index (κ3) is 26.9. The maximum Gasteiger partial charge on any atom is 0.246 e. The Morgan fingerprint density at radius 1 is 0.520 bits per heavy atom. The first-order valence-corrected chi connectivity index (χ1v) is 43.7. The highest BCUT2D eigenvalue weighted by Crippen LogP contribution is 2.28. The Labute approximate surface area is 737 Å². The van der Waals surface area contributed by atoms with Crippen LogP contribution in [0.5, 0.6) is 5.75 Å². The van der Waals surface area contributed by atoms with Gasteiger partial charge in [-0.2, -0.15) is 0 Å². The molecule has 3 saturated heterocycles. The van der Waals surface area contributed by atoms with Gasteiger partial charge < -0.3 is 109 Å². The van der Waals surface area contributed by atoms with Crippen LogP contribution in [-0.4, -0.2) is 282 Å². The predicted octanol–water partition coefficient (Wildman–Crippen LogP) is 0.686. The third-order valence-electron chi connectivity index (χ3n) is 23.8. The molecular weight excluding hydrogens is 1640 g/mol. The Hall–Kier alpha value is -12.8. The molecule has 9 rings (SSSR count). The number of para-hydroxylation sites is 2. The second-order valence-corrected chi connectivity index (χ2v) is 33.8. The Bertz CT molecular complexity index is 4880. The van der Waals surface area contributed by atoms with Gasteiger partial charge in [-0.3, -0.25) is 76.7 Å². The number of phenolic OH excluding ortho intramolecular Hbond substituents is 1. The number of H-pyrrole nitrogens is 3. The van der Waals surface area contributed by atoms with Gasteiger partial charge in [0.1, 0.15) is 78.3 Å². The Kier molecular flexibility index (Phi) is 35.9. The van der Waals surface area contributed by atoms with Gasteiger partial charge in [0.25, 0.3) is 0 Å². The molecule has 38 nitrogen and oxygen atoms in total. The second kappa shape index (κ2) is 46.4. The zero-order chi connectivity index (χ0) is 92.5. The summed E-state index contributed by atoms with van der Waals surface area (Å²) in [4.78, 5) is 253. The van der Waals surface area contributed by atoms with E-state index in [1.54, 1.807) is 56.6 Å². The van der Waals surface area contributed by atoms with E-state index in [-0.39, 0.29) is 107 Å². The van der Waals surface area contributed by atoms with E-state index in [4.69, 9.17) is 5.73 Å². The summed E-state index contributed by atoms with van der Waals surface area (Å²) in [5.41, 5.74) is 9.00. The number of nitrogens with two attached hydrogens (primary N) is 1. The fourth-order valence-corrected chi connectivity index (χ4v) is 16.3. The summed E-state index contributed by atoms with van der Waals surface area (Å²) in [5, 5.41) is 50.0. The first-order chi connectivity index (χ1) is 60.6. The molecule has 0 saturated carbocycles. The Balaban J connectivity index is 1.05. The molecule has 127 heavy (non-hydrogen) atoms. The highest BCUT2D eigenvalue weighted by atomic mass is 16.3. The van der Waals surface area contributed by atoms with Crippen LogP contribution in [0, 0.1) is 11.8 Å². The number of carbonyl (C=O) groups is 16. The zero-order valence-electron chi connectivity index (χ0n) is 73.8. The summed E-state index contributed by atoms with van der Waals surface area (Å²) in [5.74, 6) is -13.9. The van der Waals surface area contributed by atoms with Crippen LogP contribution >= 0.6 is 0 Å². The number of fused-ring (bicyclic) bond motifs is 4. The molecule has 16 amide bonds. The number of amides is 16. The van der Waals surface area contributed by atoms with Crippen molar-refractivity contribution in [3.8, 4) is 5.75 Å². The fourth-order valence-electron chi connectivity index (χ4n) is 16.3. The molecule has 0 bridgehead atoms. The fraction of sp³-hybridized carbons (Fsp3) is 0.539. The normalized spacial score (nSPS) is 24.9. The van der Waals surface area contributed by atoms with Crippen LogP contribution in [0.1, 0.15) is 161 Å². The molecule has 3 aromatic heterocycles. The van der Waals surface area contributed by atoms with Gasteiger partial charge >= 0.3 is 0 Å². The van der Waals surface area contributed by atoms with Gasteiger partial charge in [-0.1, -0.05) is 122 Å². The molecule has 3 aliphatic rings. The highest BCUT2D eigenvalue weighted by molar-refractivity contribution is 6.02. The van der Waals surface area contributed by atoms with Gasteiger partial charge in [-0.15, -0.1) is 0 Å². The van der Waals surface area contributed by atoms with E-state index in [0.29, 0.717) is 65.2 Å². The van der Waals surface area contributed by atoms with Gasteiger partial charge in [0, 0.05) is 120 Å². The number of aromatic nitrogens is 4. The number of rotatable bonds is 21. The minimum absolute atomic E-state index is 0.0179. The van der Waals surface area contributed by atoms with Crippen molar-refractivity contribution in [3.63, 3.8) is 0 Å². The highest BCUT2D eigenvalue weighted by Gasteiger charge is 2.46. The van der Waals surface area contributed by atoms with E-state index in [1.807, 2.05) is 45.9 Å². The summed E-state index contributed by atoms with van der Waals surface area (Å²) < 4.78 is 0. The second-order valence-electron chi connectivity index (χ2n) is 33.8. The van der Waals surface area contributed by atoms with E-state index >= 15 is 24.0 Å². The van der Waals surface area contributed by atoms with E-state index in [2.05, 4.69) is 73.1 Å². The first-order valence-electron chi connectivity index (χ1n) is 43.7. The number of primary amides is 1. The van der Waals surface area contributed by atoms with Gasteiger partial charge in [0.05, 0.1) is 37.6 Å². The molecule has 17 N–H and O–H groups in total. The lowest BCUT2D eigenvalue weighted by molar-refractivity contribution is -0.149. The number of aromatic amines is 3. The number of aromatic hydroxyl groups is 1. The maximum atomic E-state index is 15.5. The Morgan fingerprint density at radius 3 is 1.66 bits per heavy atom. The minimum atomic E-state index is -1.73. The number of hydrogen-bond donors (Lipinski definition) is 16. The molecule has 3 aliphatic heterocycles. The molecule has 3 aromatic carbocycles. The molecule has 38 heteroatoms. The summed E-state index contributed by atoms with van der Waals surface area (Å²) in [6.45, 7) is 10.2. The van der Waals surface area contributed by atoms with Crippen LogP contribution in [0.2, 0.25) is 0 Å². The number of nitrogens with one attached hydrogen (secondary N) is 13. The standard InChI is InChI=1S/C89H124N20O18/c1-11-14-25-70-82(120)100-63(36-51(6)13-3)79(117)95-46-76(114)92-33-32-75(113)98-67(37-53-28-30-57(110)31-29-53)85(123)105(8)52(7)78(116)103-69(42-74(90)112)87(125)108-34-20-27-71(108)83(121)102-65(40-56-45-91-49-97-56)81(119)104-66(35-50(4)5)88(126)109-48-58(111)41-73(109)84(122)101-64(38-54-43-93-61-23-18-16-21-59(54)61)80(118)96-47-77(115)99-68(39-55-44-94-62-24-19-17-22-60(55)62)86(124)107(10)72(26-15-12-2)89(127)106(70)9/h16-19,21-24,28-31,43-45,49-52,58,63-73,93-94,110-111H,11-15,20,25-27,32-42,46-48H2,1-10H3,(H2,90,112)(H,91,97)(H,92,114)(H,95,117)(H,96,118)(H,98,113)(H,99,115)(H,100,120)(H,101,122)(H,102,121)(H,103,116)(H,104,119)/t51?,52-,58+,63-,64-,65-,66-,67-,68-,69-,70-,71?,72-,73-/m0/s1. The van der Waals surface area contributed by atoms with E-state index in [0.717, 1.165) is 20.1 Å². The monoisotopic (exact) mass is 1760 g/mol. The number of carbonyl (C=O) groups excluding carboxylic acids is 16. The third-order valence-corrected chi connectivity index (χ3v) is 23.8. The van der Waals surface area contributed by atoms with Crippen molar-refractivity contribution < 1.29 is 86.9 Å². The van der Waals surface area contributed by atoms with Crippen molar-refractivity contribution in [3.05, 3.63) is 120 Å². The smallest absolute Gasteiger partial charge is 0.246 e. The molecule has 2 unspecified atom stereocenters. The van der Waals surface area contributed by atoms with E-state index in [1.165, 1.54) is 74.7 Å². The van der Waals surface area contributed by atoms with Crippen LogP contribution in [-0.2, 0) is 102 Å². The summed E-state index contributed by atoms with van der Waals surface area (Å²) in [6, 6.07) is 3.19. The number of unbranched alkanes of at least 4 members (excludes halogenated alkanes) is 2. The minimum Gasteiger partial charge on any atom is -0.508 e. The van der Waals surface area contributed by atoms with Gasteiger partial charge in [0.15, 0.2) is 0 Å². The summed E-state index contributed by atoms with van der Waals surface area (Å²) in [6.07, 6.45) is 5.60. The zero-order valence-corrected chi connectivity index (χ0v) is 73.8. The molecule has 0 aliphatic carbocycles. The lowest BCUT2D eigenvalue weighted by Gasteiger charge is -2.36. The number of benzene rings is 3. The van der Waals surface area contributed by atoms with Crippen molar-refractivity contribution in [2.75, 3.05) is 53.9 Å². The number of aliphatic hydroxyl groups is 1. The van der Waals surface area contributed by atoms with Crippen molar-refractivity contribution in [2.24, 2.45) is 17.6 Å². The van der Waals surface area contributed by atoms with Crippen LogP contribution in [0.25, 0.3) is 21.8 Å². The van der Waals surface area contributed by atoms with Crippen LogP contribution in [0.4, 0.5) is 0 Å². The largest absolute Gasteiger partial charge is 0.508 e. The molecule has 14 atom stereocenters. The average molecular weight is 1760 g/mol. The van der Waals surface area contributed by atoms with Gasteiger partial charge in [-0.25, -0.2) is 4.98 Å². The molecule has 0 spiro atoms. The number of likely N-dealkylation sites (N-methyl/N-ethyl adjacent to an activating group) is 3. The predicted molar refractivity (Wildman–Crippen MR) is 468 cm³/mol. The van der Waals surface area contributed by atoms with E-state index in [9.17, 15) is 63.0 Å². The lowest BCUT2D eigenvalue weighted by atomic mass is 9.97. The SMILES string of the molecule is CCCC[C@H]1C(=O)N(C)[C@@H](CCCC)C(=O)N[C@@H](CC(C)CC)C(=O)NCC(=O)NCCC(=O)N[C@@H](Cc2ccc(O)cc2)C(=O)N(C)[C@@H](C)C(=O)N[C@@H](CC(N)=O)C(=O)N2CCCC2C(=O)N[C@@H](Cc2c[nH]cn2)C(=O)N[C@@H](CC(C)C)C(=O)N2C[C@H](O)C[C@H]2C(=O)N[C@@H](Cc2c[nH]c3ccccc23)C(=O)NCC(=O)N[C@@H](Cc2c[nH]c3ccccc23)C(=O)N1C. The number of hydrogen-bond acceptors (Lipinski definition) is 19. The molecule has 0 radical (unpaired) electrons. The lowest BCUT2D eigenvalue weighted by Crippen LogP contribution is -2.60. The first kappa shape index (κ1) is 98.0. The van der Waals surface area contributed by atoms with Crippen molar-refractivity contribution in [2.45, 2.75) is 243 Å². The average Bonchev–Trinajstić information content (AvgIpc) is 1.74. The molecular formula is C89H124N20O18. The topological polar surface area (TPSA) is 536 Å².